The topological polar surface area (TPSA) is 96.4 Å². The molecular formula is C14H15ClN4O3. The second-order valence-corrected chi connectivity index (χ2v) is 4.62. The molecule has 0 aliphatic heterocycles. The highest BCUT2D eigenvalue weighted by molar-refractivity contribution is 6.32. The van der Waals surface area contributed by atoms with E-state index in [1.54, 1.807) is 13.1 Å². The fourth-order valence-corrected chi connectivity index (χ4v) is 1.94. The minimum absolute atomic E-state index is 0.141. The molecule has 0 aliphatic rings. The van der Waals surface area contributed by atoms with Crippen LogP contribution in [0, 0.1) is 0 Å². The van der Waals surface area contributed by atoms with Crippen molar-refractivity contribution >= 4 is 35.0 Å². The lowest BCUT2D eigenvalue weighted by Gasteiger charge is -2.13. The van der Waals surface area contributed by atoms with E-state index in [0.717, 1.165) is 0 Å². The summed E-state index contributed by atoms with van der Waals surface area (Å²) in [7, 11) is 1.70. The lowest BCUT2D eigenvalue weighted by Crippen LogP contribution is -2.05. The van der Waals surface area contributed by atoms with Gasteiger partial charge in [0.1, 0.15) is 16.6 Å². The number of nitrogens with zero attached hydrogens (tertiary/aromatic N) is 2. The lowest BCUT2D eigenvalue weighted by atomic mass is 10.2. The summed E-state index contributed by atoms with van der Waals surface area (Å²) in [5.74, 6) is 0.191. The molecule has 0 saturated carbocycles. The van der Waals surface area contributed by atoms with Crippen molar-refractivity contribution in [2.75, 3.05) is 24.3 Å². The number of hydrogen-bond donors (Lipinski definition) is 3. The van der Waals surface area contributed by atoms with Gasteiger partial charge in [-0.2, -0.15) is 4.98 Å². The van der Waals surface area contributed by atoms with Crippen LogP contribution in [0.1, 0.15) is 17.3 Å². The first-order valence-corrected chi connectivity index (χ1v) is 6.90. The summed E-state index contributed by atoms with van der Waals surface area (Å²) < 4.78 is 5.46. The number of rotatable bonds is 6. The molecule has 0 aliphatic carbocycles. The van der Waals surface area contributed by atoms with Crippen LogP contribution in [0.25, 0.3) is 0 Å². The zero-order valence-corrected chi connectivity index (χ0v) is 12.8. The van der Waals surface area contributed by atoms with Gasteiger partial charge in [0.15, 0.2) is 0 Å². The van der Waals surface area contributed by atoms with Crippen LogP contribution >= 0.6 is 11.6 Å². The molecule has 8 heteroatoms. The Morgan fingerprint density at radius 3 is 2.86 bits per heavy atom. The molecule has 0 bridgehead atoms. The maximum atomic E-state index is 11.0. The van der Waals surface area contributed by atoms with Gasteiger partial charge in [-0.3, -0.25) is 0 Å². The molecule has 0 unspecified atom stereocenters. The molecule has 116 valence electrons. The molecule has 1 aromatic heterocycles. The molecule has 0 fully saturated rings. The van der Waals surface area contributed by atoms with Gasteiger partial charge in [0.05, 0.1) is 24.1 Å². The van der Waals surface area contributed by atoms with Crippen molar-refractivity contribution in [1.82, 2.24) is 9.97 Å². The number of carboxylic acids is 1. The number of aromatic nitrogens is 2. The monoisotopic (exact) mass is 322 g/mol. The molecule has 22 heavy (non-hydrogen) atoms. The third-order valence-corrected chi connectivity index (χ3v) is 3.03. The fourth-order valence-electron chi connectivity index (χ4n) is 1.76. The summed E-state index contributed by atoms with van der Waals surface area (Å²) in [5, 5.41) is 15.3. The molecule has 0 saturated heterocycles. The third kappa shape index (κ3) is 3.56. The van der Waals surface area contributed by atoms with Gasteiger partial charge >= 0.3 is 5.97 Å². The SMILES string of the molecule is CCOc1cc(C(=O)O)ccc1Nc1ncc(Cl)c(NC)n1. The number of anilines is 3. The molecule has 0 radical (unpaired) electrons. The van der Waals surface area contributed by atoms with E-state index in [4.69, 9.17) is 21.4 Å². The van der Waals surface area contributed by atoms with Gasteiger partial charge in [-0.25, -0.2) is 9.78 Å². The van der Waals surface area contributed by atoms with Crippen molar-refractivity contribution < 1.29 is 14.6 Å². The van der Waals surface area contributed by atoms with Gasteiger partial charge in [-0.1, -0.05) is 11.6 Å². The summed E-state index contributed by atoms with van der Waals surface area (Å²) in [6.07, 6.45) is 1.47. The Morgan fingerprint density at radius 1 is 1.45 bits per heavy atom. The van der Waals surface area contributed by atoms with Crippen molar-refractivity contribution in [3.05, 3.63) is 35.0 Å². The summed E-state index contributed by atoms with van der Waals surface area (Å²) in [4.78, 5) is 19.3. The number of nitrogens with one attached hydrogen (secondary N) is 2. The van der Waals surface area contributed by atoms with E-state index in [2.05, 4.69) is 20.6 Å². The molecule has 1 aromatic carbocycles. The first kappa shape index (κ1) is 15.8. The third-order valence-electron chi connectivity index (χ3n) is 2.76. The number of ether oxygens (including phenoxy) is 1. The van der Waals surface area contributed by atoms with Crippen molar-refractivity contribution in [2.45, 2.75) is 6.92 Å². The molecule has 2 rings (SSSR count). The molecule has 3 N–H and O–H groups in total. The van der Waals surface area contributed by atoms with E-state index in [1.165, 1.54) is 18.3 Å². The Labute approximate surface area is 132 Å². The minimum Gasteiger partial charge on any atom is -0.492 e. The van der Waals surface area contributed by atoms with E-state index >= 15 is 0 Å². The Bertz CT molecular complexity index is 694. The van der Waals surface area contributed by atoms with Gasteiger partial charge in [0.2, 0.25) is 5.95 Å². The molecule has 2 aromatic rings. The number of benzene rings is 1. The molecule has 1 heterocycles. The first-order chi connectivity index (χ1) is 10.5. The van der Waals surface area contributed by atoms with Gasteiger partial charge in [0, 0.05) is 7.05 Å². The molecule has 7 nitrogen and oxygen atoms in total. The summed E-state index contributed by atoms with van der Waals surface area (Å²) in [6, 6.07) is 4.52. The second kappa shape index (κ2) is 6.95. The Morgan fingerprint density at radius 2 is 2.23 bits per heavy atom. The van der Waals surface area contributed by atoms with Crippen LogP contribution in [-0.2, 0) is 0 Å². The zero-order chi connectivity index (χ0) is 16.1. The Hall–Kier alpha value is -2.54. The van der Waals surface area contributed by atoms with Gasteiger partial charge in [-0.15, -0.1) is 0 Å². The van der Waals surface area contributed by atoms with Crippen LogP contribution < -0.4 is 15.4 Å². The second-order valence-electron chi connectivity index (χ2n) is 4.21. The van der Waals surface area contributed by atoms with Crippen molar-refractivity contribution in [1.29, 1.82) is 0 Å². The Kier molecular flexibility index (Phi) is 5.00. The minimum atomic E-state index is -1.02. The number of carboxylic acid groups (broad SMARTS) is 1. The quantitative estimate of drug-likeness (QED) is 0.752. The highest BCUT2D eigenvalue weighted by Crippen LogP contribution is 2.29. The number of halogens is 1. The summed E-state index contributed by atoms with van der Waals surface area (Å²) in [5.41, 5.74) is 0.707. The highest BCUT2D eigenvalue weighted by Gasteiger charge is 2.11. The van der Waals surface area contributed by atoms with Crippen molar-refractivity contribution in [2.24, 2.45) is 0 Å². The van der Waals surface area contributed by atoms with Crippen LogP contribution in [0.5, 0.6) is 5.75 Å². The van der Waals surface area contributed by atoms with E-state index in [0.29, 0.717) is 34.8 Å². The Balaban J connectivity index is 2.34. The highest BCUT2D eigenvalue weighted by atomic mass is 35.5. The fraction of sp³-hybridized carbons (Fsp3) is 0.214. The zero-order valence-electron chi connectivity index (χ0n) is 12.1. The van der Waals surface area contributed by atoms with E-state index in [1.807, 2.05) is 6.92 Å². The van der Waals surface area contributed by atoms with Crippen LogP contribution in [0.4, 0.5) is 17.5 Å². The normalized spacial score (nSPS) is 10.1. The number of carbonyl (C=O) groups is 1. The van der Waals surface area contributed by atoms with E-state index in [9.17, 15) is 4.79 Å². The van der Waals surface area contributed by atoms with Crippen molar-refractivity contribution in [3.8, 4) is 5.75 Å². The van der Waals surface area contributed by atoms with Gasteiger partial charge in [0.25, 0.3) is 0 Å². The predicted molar refractivity (Wildman–Crippen MR) is 84.4 cm³/mol. The van der Waals surface area contributed by atoms with Gasteiger partial charge < -0.3 is 20.5 Å². The summed E-state index contributed by atoms with van der Waals surface area (Å²) >= 11 is 5.93. The average molecular weight is 323 g/mol. The summed E-state index contributed by atoms with van der Waals surface area (Å²) in [6.45, 7) is 2.22. The standard InChI is InChI=1S/C14H15ClN4O3/c1-3-22-11-6-8(13(20)21)4-5-10(11)18-14-17-7-9(15)12(16-2)19-14/h4-7H,3H2,1-2H3,(H,20,21)(H2,16,17,18,19). The smallest absolute Gasteiger partial charge is 0.335 e. The molecule has 0 atom stereocenters. The largest absolute Gasteiger partial charge is 0.492 e. The van der Waals surface area contributed by atoms with Crippen LogP contribution in [0.15, 0.2) is 24.4 Å². The molecular weight excluding hydrogens is 308 g/mol. The van der Waals surface area contributed by atoms with E-state index < -0.39 is 5.97 Å². The van der Waals surface area contributed by atoms with Crippen LogP contribution in [0.2, 0.25) is 5.02 Å². The van der Waals surface area contributed by atoms with E-state index in [-0.39, 0.29) is 5.56 Å². The van der Waals surface area contributed by atoms with Crippen LogP contribution in [-0.4, -0.2) is 34.7 Å². The first-order valence-electron chi connectivity index (χ1n) is 6.52. The van der Waals surface area contributed by atoms with Crippen molar-refractivity contribution in [3.63, 3.8) is 0 Å². The number of aromatic carboxylic acids is 1. The number of hydrogen-bond acceptors (Lipinski definition) is 6. The predicted octanol–water partition coefficient (Wildman–Crippen LogP) is 3.01. The molecule has 0 spiro atoms. The maximum absolute atomic E-state index is 11.0. The van der Waals surface area contributed by atoms with Crippen LogP contribution in [0.3, 0.4) is 0 Å². The van der Waals surface area contributed by atoms with Gasteiger partial charge in [-0.05, 0) is 25.1 Å². The lowest BCUT2D eigenvalue weighted by molar-refractivity contribution is 0.0696. The average Bonchev–Trinajstić information content (AvgIpc) is 2.50. The molecule has 0 amide bonds. The maximum Gasteiger partial charge on any atom is 0.335 e.